The van der Waals surface area contributed by atoms with Gasteiger partial charge in [-0.2, -0.15) is 9.73 Å². The second-order valence-electron chi connectivity index (χ2n) is 14.4. The number of carboxylic acids is 1. The van der Waals surface area contributed by atoms with Crippen LogP contribution in [-0.2, 0) is 24.0 Å². The van der Waals surface area contributed by atoms with E-state index in [2.05, 4.69) is 42.1 Å². The van der Waals surface area contributed by atoms with Gasteiger partial charge in [0.05, 0.1) is 26.4 Å². The number of hydrogen-bond donors (Lipinski definition) is 4. The van der Waals surface area contributed by atoms with Crippen molar-refractivity contribution in [2.45, 2.75) is 65.6 Å². The molecule has 0 atom stereocenters. The Morgan fingerprint density at radius 3 is 1.57 bits per heavy atom. The molecule has 0 saturated carbocycles. The molecule has 0 aliphatic heterocycles. The highest BCUT2D eigenvalue weighted by Crippen LogP contribution is 2.23. The first-order valence-electron chi connectivity index (χ1n) is 20.9. The Kier molecular flexibility index (Phi) is 17.2. The van der Waals surface area contributed by atoms with Crippen molar-refractivity contribution < 1.29 is 24.9 Å². The number of nitrogens with one attached hydrogen (secondary N) is 1. The van der Waals surface area contributed by atoms with Crippen LogP contribution in [-0.4, -0.2) is 92.0 Å². The number of benzene rings is 2. The molecule has 0 saturated heterocycles. The van der Waals surface area contributed by atoms with Gasteiger partial charge < -0.3 is 25.5 Å². The van der Waals surface area contributed by atoms with Crippen LogP contribution in [0.1, 0.15) is 85.0 Å². The molecular formula is C46H57N8O5P. The highest BCUT2D eigenvalue weighted by atomic mass is 31.0. The van der Waals surface area contributed by atoms with Crippen LogP contribution in [0.2, 0.25) is 0 Å². The molecule has 60 heavy (non-hydrogen) atoms. The average molecular weight is 839 g/mol. The minimum Gasteiger partial charge on any atom is -0.478 e. The van der Waals surface area contributed by atoms with E-state index in [0.717, 1.165) is 42.2 Å². The van der Waals surface area contributed by atoms with Gasteiger partial charge in [0.15, 0.2) is 11.6 Å². The third-order valence-corrected chi connectivity index (χ3v) is 8.91. The van der Waals surface area contributed by atoms with Crippen LogP contribution in [0, 0.1) is 0 Å². The summed E-state index contributed by atoms with van der Waals surface area (Å²) in [6, 6.07) is 28.9. The van der Waals surface area contributed by atoms with E-state index >= 15 is 0 Å². The first-order chi connectivity index (χ1) is 30.0. The fourth-order valence-electron chi connectivity index (χ4n) is 5.74. The van der Waals surface area contributed by atoms with Gasteiger partial charge >= 0.3 is 5.97 Å². The molecule has 14 heteroatoms. The van der Waals surface area contributed by atoms with E-state index in [4.69, 9.17) is 8.94 Å². The number of carboxylic acid groups (broad SMARTS) is 1. The predicted octanol–water partition coefficient (Wildman–Crippen LogP) is 6.83. The van der Waals surface area contributed by atoms with E-state index in [9.17, 15) is 19.8 Å². The molecule has 0 spiro atoms. The van der Waals surface area contributed by atoms with Crippen LogP contribution < -0.4 is 5.32 Å². The summed E-state index contributed by atoms with van der Waals surface area (Å²) >= 11 is 0. The number of hydrogen-bond acceptors (Lipinski definition) is 11. The summed E-state index contributed by atoms with van der Waals surface area (Å²) in [5.41, 5.74) is 3.42. The molecule has 0 fully saturated rings. The summed E-state index contributed by atoms with van der Waals surface area (Å²) in [6.07, 6.45) is 8.01. The summed E-state index contributed by atoms with van der Waals surface area (Å²) < 4.78 is 17.9. The van der Waals surface area contributed by atoms with Crippen molar-refractivity contribution in [2.24, 2.45) is 0 Å². The molecule has 4 heterocycles. The lowest BCUT2D eigenvalue weighted by Crippen LogP contribution is -2.33. The fourth-order valence-corrected chi connectivity index (χ4v) is 5.74. The standard InChI is InChI=1S/C23H26N4O2.C12H20N2O.C11H8N2O2.H3P/c1-4-27(16-13-17-9-7-12-20(26-17)23(2,3)29)22(28)19-11-6-5-10-18(19)21-24-14-8-15-25-21;1-4-13-9-8-10-6-5-7-11(14-10)12(2,3)15;14-11(15)9-5-2-1-4-8(9)10-12-6-3-7-13-10;/h5-12,14-15,29H,4,13,16H2,1-3H3;5-7,13,15H,4,8-9H2,1-3H3;1-7H,(H,14,15);1H3/i;;;1T3. The van der Waals surface area contributed by atoms with Gasteiger partial charge in [0, 0.05) is 79.8 Å². The Morgan fingerprint density at radius 2 is 1.12 bits per heavy atom. The Labute approximate surface area is 359 Å². The number of pyridine rings is 2. The van der Waals surface area contributed by atoms with Gasteiger partial charge in [0.2, 0.25) is 0 Å². The maximum Gasteiger partial charge on any atom is 0.336 e. The first-order valence-corrected chi connectivity index (χ1v) is 19.6. The summed E-state index contributed by atoms with van der Waals surface area (Å²) in [6.45, 7) is 14.0. The summed E-state index contributed by atoms with van der Waals surface area (Å²) in [5.74, 6) is -0.0743. The van der Waals surface area contributed by atoms with Gasteiger partial charge in [-0.3, -0.25) is 14.8 Å². The third kappa shape index (κ3) is 14.8. The molecule has 2 aromatic carbocycles. The van der Waals surface area contributed by atoms with Crippen molar-refractivity contribution in [1.82, 2.24) is 40.1 Å². The molecule has 13 nitrogen and oxygen atoms in total. The Bertz CT molecular complexity index is 2300. The van der Waals surface area contributed by atoms with Gasteiger partial charge in [-0.25, -0.2) is 24.7 Å². The zero-order chi connectivity index (χ0) is 46.4. The van der Waals surface area contributed by atoms with Gasteiger partial charge in [-0.05, 0) is 89.7 Å². The van der Waals surface area contributed by atoms with Gasteiger partial charge in [-0.15, -0.1) is 0 Å². The van der Waals surface area contributed by atoms with Crippen molar-refractivity contribution >= 4 is 21.6 Å². The van der Waals surface area contributed by atoms with E-state index in [1.165, 1.54) is 6.07 Å². The van der Waals surface area contributed by atoms with Crippen LogP contribution in [0.25, 0.3) is 22.8 Å². The van der Waals surface area contributed by atoms with Crippen LogP contribution in [0.5, 0.6) is 0 Å². The number of carbonyl (C=O) groups excluding carboxylic acids is 1. The predicted molar refractivity (Wildman–Crippen MR) is 239 cm³/mol. The lowest BCUT2D eigenvalue weighted by molar-refractivity contribution is 0.0694. The van der Waals surface area contributed by atoms with E-state index in [0.29, 0.717) is 48.0 Å². The summed E-state index contributed by atoms with van der Waals surface area (Å²) in [4.78, 5) is 51.5. The number of aromatic nitrogens is 6. The van der Waals surface area contributed by atoms with E-state index < -0.39 is 26.9 Å². The van der Waals surface area contributed by atoms with Gasteiger partial charge in [-0.1, -0.05) is 55.5 Å². The quantitative estimate of drug-likeness (QED) is 0.0663. The maximum atomic E-state index is 13.2. The fraction of sp³-hybridized carbons (Fsp3) is 0.304. The summed E-state index contributed by atoms with van der Waals surface area (Å²) in [7, 11) is -1.87. The highest BCUT2D eigenvalue weighted by Gasteiger charge is 2.21. The molecule has 4 aromatic heterocycles. The number of amides is 1. The zero-order valence-electron chi connectivity index (χ0n) is 38.0. The molecule has 316 valence electrons. The third-order valence-electron chi connectivity index (χ3n) is 8.91. The van der Waals surface area contributed by atoms with E-state index in [1.807, 2.05) is 67.6 Å². The number of carbonyl (C=O) groups is 2. The topological polar surface area (TPSA) is 187 Å². The molecule has 0 aliphatic carbocycles. The normalized spacial score (nSPS) is 11.5. The minimum atomic E-state index is -1.87. The molecule has 1 amide bonds. The monoisotopic (exact) mass is 838 g/mol. The molecule has 0 radical (unpaired) electrons. The van der Waals surface area contributed by atoms with E-state index in [1.54, 1.807) is 87.7 Å². The molecule has 6 rings (SSSR count). The average Bonchev–Trinajstić information content (AvgIpc) is 3.27. The molecule has 6 aromatic rings. The van der Waals surface area contributed by atoms with Crippen molar-refractivity contribution in [1.29, 1.82) is 3.84 Å². The molecule has 0 bridgehead atoms. The largest absolute Gasteiger partial charge is 0.478 e. The van der Waals surface area contributed by atoms with Gasteiger partial charge in [0.1, 0.15) is 11.2 Å². The van der Waals surface area contributed by atoms with Crippen molar-refractivity contribution in [3.05, 3.63) is 156 Å². The number of likely N-dealkylation sites (N-methyl/N-ethyl adjacent to an activating group) is 2. The number of aromatic carboxylic acids is 1. The Hall–Kier alpha value is -5.85. The SMILES string of the molecule is CCN(CCc1cccc(C(C)(C)O)n1)C(=O)c1ccccc1-c1ncccn1.CCNCCc1cccc(C(C)(C)O)n1.O=C(O)c1ccccc1-c1ncccn1.[3H]P([3H])[3H]. The number of nitrogens with zero attached hydrogens (tertiary/aromatic N) is 7. The van der Waals surface area contributed by atoms with E-state index in [-0.39, 0.29) is 11.5 Å². The Morgan fingerprint density at radius 1 is 0.667 bits per heavy atom. The number of aliphatic hydroxyl groups is 2. The van der Waals surface area contributed by atoms with Crippen LogP contribution in [0.4, 0.5) is 0 Å². The number of rotatable bonds is 14. The van der Waals surface area contributed by atoms with Crippen LogP contribution in [0.3, 0.4) is 0 Å². The second-order valence-corrected chi connectivity index (χ2v) is 14.4. The van der Waals surface area contributed by atoms with Crippen molar-refractivity contribution in [2.75, 3.05) is 26.2 Å². The molecule has 4 N–H and O–H groups in total. The molecule has 0 aliphatic rings. The lowest BCUT2D eigenvalue weighted by Gasteiger charge is -2.22. The van der Waals surface area contributed by atoms with Crippen LogP contribution >= 0.6 is 9.73 Å². The first kappa shape index (κ1) is 43.7. The molecule has 0 unspecified atom stereocenters. The van der Waals surface area contributed by atoms with Crippen molar-refractivity contribution in [3.63, 3.8) is 0 Å². The van der Waals surface area contributed by atoms with Crippen LogP contribution in [0.15, 0.2) is 122 Å². The smallest absolute Gasteiger partial charge is 0.336 e. The summed E-state index contributed by atoms with van der Waals surface area (Å²) in [5, 5.41) is 32.2. The lowest BCUT2D eigenvalue weighted by atomic mass is 10.0. The zero-order valence-corrected chi connectivity index (χ0v) is 35.9. The molecular weight excluding hydrogens is 776 g/mol. The maximum absolute atomic E-state index is 13.2. The van der Waals surface area contributed by atoms with Gasteiger partial charge in [0.25, 0.3) is 5.91 Å². The highest BCUT2D eigenvalue weighted by molar-refractivity contribution is 6.92. The second kappa shape index (κ2) is 23.7. The van der Waals surface area contributed by atoms with Crippen molar-refractivity contribution in [3.8, 4) is 22.8 Å². The minimum absolute atomic E-state index is 0.0609. The Balaban J connectivity index is 0.000000261.